The van der Waals surface area contributed by atoms with Crippen LogP contribution in [0, 0.1) is 6.92 Å². The van der Waals surface area contributed by atoms with E-state index in [0.29, 0.717) is 10.1 Å². The zero-order valence-corrected chi connectivity index (χ0v) is 10.2. The molecule has 0 bridgehead atoms. The maximum Gasteiger partial charge on any atom is 0.261 e. The molecule has 15 heavy (non-hydrogen) atoms. The lowest BCUT2D eigenvalue weighted by atomic mass is 10.3. The van der Waals surface area contributed by atoms with Crippen molar-refractivity contribution in [3.8, 4) is 5.88 Å². The standard InChI is InChI=1S/C9H7BrN2O2.ClH/c1-5-2-6(10)9-11-7(13)3-8(14)12(9)4-5;/h2-4,13H,1H3;1H. The smallest absolute Gasteiger partial charge is 0.261 e. The van der Waals surface area contributed by atoms with Crippen LogP contribution < -0.4 is 5.56 Å². The summed E-state index contributed by atoms with van der Waals surface area (Å²) in [6, 6.07) is 2.92. The fraction of sp³-hybridized carbons (Fsp3) is 0.111. The molecular formula is C9H8BrClN2O2. The molecule has 0 unspecified atom stereocenters. The summed E-state index contributed by atoms with van der Waals surface area (Å²) < 4.78 is 2.07. The molecule has 0 spiro atoms. The van der Waals surface area contributed by atoms with E-state index in [1.54, 1.807) is 6.20 Å². The number of hydrogen-bond acceptors (Lipinski definition) is 3. The molecule has 0 radical (unpaired) electrons. The largest absolute Gasteiger partial charge is 0.493 e. The first-order chi connectivity index (χ1) is 6.58. The van der Waals surface area contributed by atoms with Gasteiger partial charge in [-0.25, -0.2) is 0 Å². The van der Waals surface area contributed by atoms with Gasteiger partial charge >= 0.3 is 0 Å². The van der Waals surface area contributed by atoms with E-state index in [4.69, 9.17) is 5.11 Å². The summed E-state index contributed by atoms with van der Waals surface area (Å²) in [4.78, 5) is 15.3. The van der Waals surface area contributed by atoms with Crippen LogP contribution in [-0.4, -0.2) is 14.5 Å². The minimum Gasteiger partial charge on any atom is -0.493 e. The Morgan fingerprint density at radius 2 is 2.13 bits per heavy atom. The van der Waals surface area contributed by atoms with E-state index in [0.717, 1.165) is 11.6 Å². The molecule has 0 amide bonds. The maximum atomic E-state index is 11.4. The summed E-state index contributed by atoms with van der Waals surface area (Å²) >= 11 is 3.28. The maximum absolute atomic E-state index is 11.4. The van der Waals surface area contributed by atoms with Gasteiger partial charge in [0.25, 0.3) is 5.56 Å². The Hall–Kier alpha value is -1.07. The number of aromatic nitrogens is 2. The van der Waals surface area contributed by atoms with Crippen LogP contribution in [-0.2, 0) is 0 Å². The number of halogens is 2. The van der Waals surface area contributed by atoms with Gasteiger partial charge in [0.05, 0.1) is 10.5 Å². The summed E-state index contributed by atoms with van der Waals surface area (Å²) in [5.41, 5.74) is 1.07. The second-order valence-corrected chi connectivity index (χ2v) is 3.87. The topological polar surface area (TPSA) is 54.6 Å². The van der Waals surface area contributed by atoms with E-state index in [2.05, 4.69) is 20.9 Å². The van der Waals surface area contributed by atoms with Gasteiger partial charge in [0.15, 0.2) is 5.65 Å². The van der Waals surface area contributed by atoms with Gasteiger partial charge in [0.1, 0.15) is 0 Å². The van der Waals surface area contributed by atoms with Crippen molar-refractivity contribution in [2.75, 3.05) is 0 Å². The van der Waals surface area contributed by atoms with Gasteiger partial charge < -0.3 is 5.11 Å². The molecule has 0 aliphatic heterocycles. The van der Waals surface area contributed by atoms with Crippen LogP contribution >= 0.6 is 28.3 Å². The average molecular weight is 292 g/mol. The van der Waals surface area contributed by atoms with Crippen LogP contribution in [0.5, 0.6) is 5.88 Å². The third-order valence-electron chi connectivity index (χ3n) is 1.84. The number of hydrogen-bond donors (Lipinski definition) is 1. The molecule has 0 aliphatic rings. The van der Waals surface area contributed by atoms with Crippen molar-refractivity contribution in [1.82, 2.24) is 9.38 Å². The lowest BCUT2D eigenvalue weighted by molar-refractivity contribution is 0.452. The minimum atomic E-state index is -0.295. The van der Waals surface area contributed by atoms with Crippen LogP contribution in [0.3, 0.4) is 0 Å². The van der Waals surface area contributed by atoms with Crippen molar-refractivity contribution in [3.63, 3.8) is 0 Å². The van der Waals surface area contributed by atoms with Gasteiger partial charge in [0, 0.05) is 6.20 Å². The number of pyridine rings is 1. The normalized spacial score (nSPS) is 10.0. The van der Waals surface area contributed by atoms with E-state index < -0.39 is 0 Å². The quantitative estimate of drug-likeness (QED) is 0.806. The third kappa shape index (κ3) is 2.13. The van der Waals surface area contributed by atoms with Gasteiger partial charge in [0.2, 0.25) is 5.88 Å². The van der Waals surface area contributed by atoms with Crippen LogP contribution in [0.2, 0.25) is 0 Å². The molecule has 2 rings (SSSR count). The Labute approximate surface area is 100 Å². The van der Waals surface area contributed by atoms with E-state index in [1.807, 2.05) is 13.0 Å². The summed E-state index contributed by atoms with van der Waals surface area (Å²) in [7, 11) is 0. The van der Waals surface area contributed by atoms with Gasteiger partial charge in [-0.2, -0.15) is 4.98 Å². The van der Waals surface area contributed by atoms with Crippen molar-refractivity contribution in [2.24, 2.45) is 0 Å². The van der Waals surface area contributed by atoms with Gasteiger partial charge in [-0.05, 0) is 34.5 Å². The Bertz CT molecular complexity index is 568. The van der Waals surface area contributed by atoms with E-state index in [9.17, 15) is 4.79 Å². The predicted octanol–water partition coefficient (Wildman–Crippen LogP) is 1.89. The molecule has 0 aromatic carbocycles. The van der Waals surface area contributed by atoms with E-state index >= 15 is 0 Å². The molecule has 2 aromatic heterocycles. The Morgan fingerprint density at radius 3 is 2.80 bits per heavy atom. The van der Waals surface area contributed by atoms with Crippen LogP contribution in [0.1, 0.15) is 5.56 Å². The summed E-state index contributed by atoms with van der Waals surface area (Å²) in [5.74, 6) is -0.264. The summed E-state index contributed by atoms with van der Waals surface area (Å²) in [5, 5.41) is 9.16. The van der Waals surface area contributed by atoms with Crippen molar-refractivity contribution < 1.29 is 5.11 Å². The highest BCUT2D eigenvalue weighted by molar-refractivity contribution is 9.10. The number of aromatic hydroxyl groups is 1. The van der Waals surface area contributed by atoms with Crippen molar-refractivity contribution >= 4 is 34.0 Å². The Morgan fingerprint density at radius 1 is 1.47 bits per heavy atom. The number of nitrogens with zero attached hydrogens (tertiary/aromatic N) is 2. The summed E-state index contributed by atoms with van der Waals surface area (Å²) in [6.07, 6.45) is 1.68. The van der Waals surface area contributed by atoms with E-state index in [1.165, 1.54) is 4.40 Å². The Balaban J connectivity index is 0.00000112. The van der Waals surface area contributed by atoms with Crippen LogP contribution in [0.15, 0.2) is 27.6 Å². The molecule has 2 aromatic rings. The zero-order valence-electron chi connectivity index (χ0n) is 7.77. The molecule has 0 atom stereocenters. The molecule has 2 heterocycles. The molecule has 0 saturated heterocycles. The number of rotatable bonds is 0. The SMILES string of the molecule is Cc1cc(Br)c2nc(O)cc(=O)n2c1.Cl. The highest BCUT2D eigenvalue weighted by atomic mass is 79.9. The third-order valence-corrected chi connectivity index (χ3v) is 2.42. The minimum absolute atomic E-state index is 0. The van der Waals surface area contributed by atoms with Gasteiger partial charge in [-0.15, -0.1) is 12.4 Å². The van der Waals surface area contributed by atoms with Gasteiger partial charge in [-0.1, -0.05) is 0 Å². The van der Waals surface area contributed by atoms with Crippen molar-refractivity contribution in [3.05, 3.63) is 38.7 Å². The predicted molar refractivity (Wildman–Crippen MR) is 62.8 cm³/mol. The Kier molecular flexibility index (Phi) is 3.36. The molecule has 80 valence electrons. The average Bonchev–Trinajstić information content (AvgIpc) is 2.07. The first kappa shape index (κ1) is 12.0. The molecule has 4 nitrogen and oxygen atoms in total. The zero-order chi connectivity index (χ0) is 10.3. The van der Waals surface area contributed by atoms with Crippen LogP contribution in [0.25, 0.3) is 5.65 Å². The number of fused-ring (bicyclic) bond motifs is 1. The number of aryl methyl sites for hydroxylation is 1. The highest BCUT2D eigenvalue weighted by Crippen LogP contribution is 2.17. The first-order valence-electron chi connectivity index (χ1n) is 3.96. The first-order valence-corrected chi connectivity index (χ1v) is 4.76. The molecule has 0 aliphatic carbocycles. The fourth-order valence-electron chi connectivity index (χ4n) is 1.28. The monoisotopic (exact) mass is 290 g/mol. The molecule has 0 saturated carbocycles. The van der Waals surface area contributed by atoms with Crippen LogP contribution in [0.4, 0.5) is 0 Å². The molecule has 0 fully saturated rings. The lowest BCUT2D eigenvalue weighted by Crippen LogP contribution is -2.13. The second kappa shape index (κ2) is 4.20. The van der Waals surface area contributed by atoms with Crippen molar-refractivity contribution in [2.45, 2.75) is 6.92 Å². The molecular weight excluding hydrogens is 283 g/mol. The molecule has 1 N–H and O–H groups in total. The second-order valence-electron chi connectivity index (χ2n) is 3.01. The highest BCUT2D eigenvalue weighted by Gasteiger charge is 2.04. The van der Waals surface area contributed by atoms with E-state index in [-0.39, 0.29) is 23.8 Å². The fourth-order valence-corrected chi connectivity index (χ4v) is 1.92. The molecule has 6 heteroatoms. The van der Waals surface area contributed by atoms with Gasteiger partial charge in [-0.3, -0.25) is 9.20 Å². The lowest BCUT2D eigenvalue weighted by Gasteiger charge is -2.03. The summed E-state index contributed by atoms with van der Waals surface area (Å²) in [6.45, 7) is 1.88. The van der Waals surface area contributed by atoms with Crippen molar-refractivity contribution in [1.29, 1.82) is 0 Å².